The highest BCUT2D eigenvalue weighted by Crippen LogP contribution is 2.34. The van der Waals surface area contributed by atoms with Gasteiger partial charge >= 0.3 is 5.97 Å². The zero-order valence-electron chi connectivity index (χ0n) is 10.7. The Labute approximate surface area is 110 Å². The second-order valence-corrected chi connectivity index (χ2v) is 3.84. The molecule has 0 saturated carbocycles. The summed E-state index contributed by atoms with van der Waals surface area (Å²) in [6.07, 6.45) is 1.57. The van der Waals surface area contributed by atoms with Crippen molar-refractivity contribution in [1.29, 1.82) is 0 Å². The number of ether oxygens (including phenoxy) is 1. The quantitative estimate of drug-likeness (QED) is 0.881. The van der Waals surface area contributed by atoms with Gasteiger partial charge < -0.3 is 15.2 Å². The van der Waals surface area contributed by atoms with E-state index in [1.165, 1.54) is 0 Å². The normalized spacial score (nSPS) is 10.0. The SMILES string of the molecule is CNc1nccc(-c2ccccc2OC)c1C(=O)O. The summed E-state index contributed by atoms with van der Waals surface area (Å²) in [6, 6.07) is 8.95. The van der Waals surface area contributed by atoms with Gasteiger partial charge in [0.2, 0.25) is 0 Å². The standard InChI is InChI=1S/C14H14N2O3/c1-15-13-12(14(17)18)10(7-8-16-13)9-5-3-4-6-11(9)19-2/h3-8H,1-2H3,(H,15,16)(H,17,18). The Kier molecular flexibility index (Phi) is 3.66. The van der Waals surface area contributed by atoms with Gasteiger partial charge in [0.05, 0.1) is 7.11 Å². The van der Waals surface area contributed by atoms with Gasteiger partial charge in [-0.1, -0.05) is 18.2 Å². The van der Waals surface area contributed by atoms with E-state index >= 15 is 0 Å². The van der Waals surface area contributed by atoms with Gasteiger partial charge in [0.25, 0.3) is 0 Å². The number of nitrogens with one attached hydrogen (secondary N) is 1. The van der Waals surface area contributed by atoms with Gasteiger partial charge in [-0.2, -0.15) is 0 Å². The predicted molar refractivity (Wildman–Crippen MR) is 72.7 cm³/mol. The Morgan fingerprint density at radius 2 is 2.00 bits per heavy atom. The van der Waals surface area contributed by atoms with Crippen molar-refractivity contribution < 1.29 is 14.6 Å². The number of carboxylic acid groups (broad SMARTS) is 1. The van der Waals surface area contributed by atoms with Crippen LogP contribution in [0.25, 0.3) is 11.1 Å². The van der Waals surface area contributed by atoms with Crippen LogP contribution >= 0.6 is 0 Å². The topological polar surface area (TPSA) is 71.5 Å². The molecule has 5 heteroatoms. The number of aromatic nitrogens is 1. The summed E-state index contributed by atoms with van der Waals surface area (Å²) < 4.78 is 5.27. The molecule has 0 spiro atoms. The molecule has 2 aromatic rings. The van der Waals surface area contributed by atoms with Gasteiger partial charge in [0.1, 0.15) is 17.1 Å². The highest BCUT2D eigenvalue weighted by atomic mass is 16.5. The average molecular weight is 258 g/mol. The van der Waals surface area contributed by atoms with E-state index < -0.39 is 5.97 Å². The van der Waals surface area contributed by atoms with E-state index in [0.717, 1.165) is 5.56 Å². The molecule has 1 heterocycles. The van der Waals surface area contributed by atoms with Gasteiger partial charge in [-0.15, -0.1) is 0 Å². The first-order valence-corrected chi connectivity index (χ1v) is 5.72. The lowest BCUT2D eigenvalue weighted by Crippen LogP contribution is -2.07. The molecule has 0 amide bonds. The van der Waals surface area contributed by atoms with E-state index in [9.17, 15) is 9.90 Å². The zero-order valence-corrected chi connectivity index (χ0v) is 10.7. The molecular weight excluding hydrogens is 244 g/mol. The molecule has 0 saturated heterocycles. The molecule has 0 atom stereocenters. The fraction of sp³-hybridized carbons (Fsp3) is 0.143. The van der Waals surface area contributed by atoms with Crippen molar-refractivity contribution in [3.05, 3.63) is 42.1 Å². The molecule has 2 N–H and O–H groups in total. The molecule has 0 radical (unpaired) electrons. The Balaban J connectivity index is 2.71. The number of benzene rings is 1. The molecule has 0 fully saturated rings. The molecule has 1 aromatic carbocycles. The van der Waals surface area contributed by atoms with Gasteiger partial charge in [-0.3, -0.25) is 0 Å². The fourth-order valence-corrected chi connectivity index (χ4v) is 1.96. The van der Waals surface area contributed by atoms with Crippen LogP contribution in [0, 0.1) is 0 Å². The minimum Gasteiger partial charge on any atom is -0.496 e. The molecule has 2 rings (SSSR count). The summed E-state index contributed by atoms with van der Waals surface area (Å²) >= 11 is 0. The largest absolute Gasteiger partial charge is 0.496 e. The first kappa shape index (κ1) is 12.9. The number of carboxylic acids is 1. The fourth-order valence-electron chi connectivity index (χ4n) is 1.96. The van der Waals surface area contributed by atoms with E-state index in [0.29, 0.717) is 17.1 Å². The van der Waals surface area contributed by atoms with E-state index in [1.807, 2.05) is 18.2 Å². The van der Waals surface area contributed by atoms with Crippen LogP contribution in [0.3, 0.4) is 0 Å². The molecule has 0 aliphatic carbocycles. The van der Waals surface area contributed by atoms with Crippen molar-refractivity contribution in [2.24, 2.45) is 0 Å². The third-order valence-corrected chi connectivity index (χ3v) is 2.80. The maximum atomic E-state index is 11.5. The number of carbonyl (C=O) groups is 1. The van der Waals surface area contributed by atoms with Crippen molar-refractivity contribution in [2.75, 3.05) is 19.5 Å². The number of aromatic carboxylic acids is 1. The van der Waals surface area contributed by atoms with Crippen LogP contribution < -0.4 is 10.1 Å². The van der Waals surface area contributed by atoms with Gasteiger partial charge in [0.15, 0.2) is 0 Å². The Morgan fingerprint density at radius 3 is 2.63 bits per heavy atom. The zero-order chi connectivity index (χ0) is 13.8. The number of hydrogen-bond acceptors (Lipinski definition) is 4. The lowest BCUT2D eigenvalue weighted by atomic mass is 10.00. The number of rotatable bonds is 4. The maximum absolute atomic E-state index is 11.5. The third kappa shape index (κ3) is 2.35. The summed E-state index contributed by atoms with van der Waals surface area (Å²) in [5, 5.41) is 12.2. The van der Waals surface area contributed by atoms with Gasteiger partial charge in [-0.05, 0) is 12.1 Å². The first-order chi connectivity index (χ1) is 9.19. The average Bonchev–Trinajstić information content (AvgIpc) is 2.46. The number of nitrogens with zero attached hydrogens (tertiary/aromatic N) is 1. The molecular formula is C14H14N2O3. The minimum absolute atomic E-state index is 0.134. The number of methoxy groups -OCH3 is 1. The molecule has 19 heavy (non-hydrogen) atoms. The van der Waals surface area contributed by atoms with Crippen molar-refractivity contribution >= 4 is 11.8 Å². The monoisotopic (exact) mass is 258 g/mol. The van der Waals surface area contributed by atoms with E-state index in [4.69, 9.17) is 4.74 Å². The molecule has 0 aliphatic rings. The van der Waals surface area contributed by atoms with Gasteiger partial charge in [-0.25, -0.2) is 9.78 Å². The lowest BCUT2D eigenvalue weighted by Gasteiger charge is -2.13. The van der Waals surface area contributed by atoms with Crippen LogP contribution in [-0.4, -0.2) is 30.2 Å². The number of anilines is 1. The van der Waals surface area contributed by atoms with Gasteiger partial charge in [0, 0.05) is 24.4 Å². The first-order valence-electron chi connectivity index (χ1n) is 5.72. The minimum atomic E-state index is -1.03. The van der Waals surface area contributed by atoms with E-state index in [1.54, 1.807) is 32.5 Å². The van der Waals surface area contributed by atoms with Crippen molar-refractivity contribution in [3.8, 4) is 16.9 Å². The molecule has 0 aliphatic heterocycles. The van der Waals surface area contributed by atoms with Crippen LogP contribution in [-0.2, 0) is 0 Å². The maximum Gasteiger partial charge on any atom is 0.340 e. The predicted octanol–water partition coefficient (Wildman–Crippen LogP) is 2.50. The molecule has 5 nitrogen and oxygen atoms in total. The highest BCUT2D eigenvalue weighted by Gasteiger charge is 2.19. The van der Waals surface area contributed by atoms with Crippen molar-refractivity contribution in [3.63, 3.8) is 0 Å². The number of pyridine rings is 1. The smallest absolute Gasteiger partial charge is 0.340 e. The second kappa shape index (κ2) is 5.39. The second-order valence-electron chi connectivity index (χ2n) is 3.84. The van der Waals surface area contributed by atoms with Crippen molar-refractivity contribution in [1.82, 2.24) is 4.98 Å². The summed E-state index contributed by atoms with van der Waals surface area (Å²) in [6.45, 7) is 0. The van der Waals surface area contributed by atoms with Crippen molar-refractivity contribution in [2.45, 2.75) is 0 Å². The molecule has 0 unspecified atom stereocenters. The van der Waals surface area contributed by atoms with E-state index in [-0.39, 0.29) is 5.56 Å². The molecule has 1 aromatic heterocycles. The van der Waals surface area contributed by atoms with E-state index in [2.05, 4.69) is 10.3 Å². The van der Waals surface area contributed by atoms with Crippen LogP contribution in [0.4, 0.5) is 5.82 Å². The molecule has 0 bridgehead atoms. The van der Waals surface area contributed by atoms with Crippen LogP contribution in [0.1, 0.15) is 10.4 Å². The highest BCUT2D eigenvalue weighted by molar-refractivity contribution is 6.01. The number of para-hydroxylation sites is 1. The van der Waals surface area contributed by atoms with Crippen LogP contribution in [0.5, 0.6) is 5.75 Å². The Morgan fingerprint density at radius 1 is 1.26 bits per heavy atom. The summed E-state index contributed by atoms with van der Waals surface area (Å²) in [5.41, 5.74) is 1.43. The van der Waals surface area contributed by atoms with Crippen LogP contribution in [0.2, 0.25) is 0 Å². The Bertz CT molecular complexity index is 611. The summed E-state index contributed by atoms with van der Waals surface area (Å²) in [7, 11) is 3.19. The summed E-state index contributed by atoms with van der Waals surface area (Å²) in [5.74, 6) is -0.0764. The summed E-state index contributed by atoms with van der Waals surface area (Å²) in [4.78, 5) is 15.5. The van der Waals surface area contributed by atoms with Crippen LogP contribution in [0.15, 0.2) is 36.5 Å². The third-order valence-electron chi connectivity index (χ3n) is 2.80. The number of hydrogen-bond donors (Lipinski definition) is 2. The lowest BCUT2D eigenvalue weighted by molar-refractivity contribution is 0.0698. The Hall–Kier alpha value is -2.56. The molecule has 98 valence electrons.